The molecule has 134 valence electrons. The summed E-state index contributed by atoms with van der Waals surface area (Å²) in [5, 5.41) is 4.30. The second-order valence-corrected chi connectivity index (χ2v) is 8.56. The van der Waals surface area contributed by atoms with Crippen LogP contribution in [0.25, 0.3) is 10.2 Å². The highest BCUT2D eigenvalue weighted by atomic mass is 32.2. The molecule has 3 aromatic rings. The van der Waals surface area contributed by atoms with E-state index in [1.807, 2.05) is 6.92 Å². The molecule has 0 saturated carbocycles. The van der Waals surface area contributed by atoms with Crippen molar-refractivity contribution in [3.05, 3.63) is 46.6 Å². The van der Waals surface area contributed by atoms with Crippen molar-refractivity contribution in [1.82, 2.24) is 9.97 Å². The summed E-state index contributed by atoms with van der Waals surface area (Å²) < 4.78 is 0. The van der Waals surface area contributed by atoms with Gasteiger partial charge in [0.1, 0.15) is 16.2 Å². The molecule has 26 heavy (non-hydrogen) atoms. The molecule has 1 N–H and O–H groups in total. The van der Waals surface area contributed by atoms with Gasteiger partial charge in [-0.1, -0.05) is 11.8 Å². The number of nitrogens with one attached hydrogen (secondary N) is 1. The molecule has 5 nitrogen and oxygen atoms in total. The lowest BCUT2D eigenvalue weighted by Gasteiger charge is -2.11. The summed E-state index contributed by atoms with van der Waals surface area (Å²) in [5.74, 6) is -0.108. The number of hydrogen-bond donors (Lipinski definition) is 1. The van der Waals surface area contributed by atoms with E-state index in [1.54, 1.807) is 41.9 Å². The highest BCUT2D eigenvalue weighted by Gasteiger charge is 2.20. The van der Waals surface area contributed by atoms with E-state index in [1.165, 1.54) is 29.1 Å². The molecule has 2 heterocycles. The molecule has 0 aliphatic carbocycles. The van der Waals surface area contributed by atoms with Crippen LogP contribution in [0.1, 0.15) is 34.6 Å². The van der Waals surface area contributed by atoms with Gasteiger partial charge in [0.15, 0.2) is 5.78 Å². The van der Waals surface area contributed by atoms with Crippen molar-refractivity contribution in [1.29, 1.82) is 0 Å². The fourth-order valence-electron chi connectivity index (χ4n) is 2.62. The van der Waals surface area contributed by atoms with Crippen LogP contribution in [0.4, 0.5) is 5.69 Å². The van der Waals surface area contributed by atoms with Crippen LogP contribution in [-0.4, -0.2) is 26.9 Å². The van der Waals surface area contributed by atoms with Gasteiger partial charge in [0, 0.05) is 28.4 Å². The van der Waals surface area contributed by atoms with Crippen LogP contribution in [0.2, 0.25) is 0 Å². The van der Waals surface area contributed by atoms with Gasteiger partial charge < -0.3 is 5.32 Å². The molecule has 1 atom stereocenters. The van der Waals surface area contributed by atoms with E-state index in [0.717, 1.165) is 15.2 Å². The minimum absolute atomic E-state index is 0.0285. The van der Waals surface area contributed by atoms with Crippen LogP contribution >= 0.6 is 23.1 Å². The number of benzene rings is 1. The molecule has 0 spiro atoms. The first kappa shape index (κ1) is 18.5. The summed E-state index contributed by atoms with van der Waals surface area (Å²) >= 11 is 3.10. The smallest absolute Gasteiger partial charge is 0.221 e. The van der Waals surface area contributed by atoms with Gasteiger partial charge in [0.25, 0.3) is 0 Å². The molecule has 0 bridgehead atoms. The average molecular weight is 386 g/mol. The topological polar surface area (TPSA) is 72.0 Å². The fraction of sp³-hybridized carbons (Fsp3) is 0.263. The Labute approximate surface area is 160 Å². The van der Waals surface area contributed by atoms with Gasteiger partial charge in [-0.05, 0) is 50.6 Å². The van der Waals surface area contributed by atoms with Crippen molar-refractivity contribution >= 4 is 50.7 Å². The molecular weight excluding hydrogens is 366 g/mol. The van der Waals surface area contributed by atoms with Crippen molar-refractivity contribution in [3.63, 3.8) is 0 Å². The van der Waals surface area contributed by atoms with Crippen LogP contribution in [0.15, 0.2) is 35.6 Å². The number of thiophene rings is 1. The SMILES string of the molecule is CC(=O)Nc1ccc(C(=O)C(C)Sc2ncnc3sc(C)c(C)c23)cc1. The monoisotopic (exact) mass is 385 g/mol. The number of amides is 1. The number of aryl methyl sites for hydroxylation is 2. The highest BCUT2D eigenvalue weighted by Crippen LogP contribution is 2.36. The summed E-state index contributed by atoms with van der Waals surface area (Å²) in [4.78, 5) is 34.8. The van der Waals surface area contributed by atoms with E-state index < -0.39 is 0 Å². The second kappa shape index (κ2) is 7.55. The summed E-state index contributed by atoms with van der Waals surface area (Å²) in [7, 11) is 0. The zero-order valence-corrected chi connectivity index (χ0v) is 16.6. The predicted molar refractivity (Wildman–Crippen MR) is 107 cm³/mol. The van der Waals surface area contributed by atoms with E-state index in [0.29, 0.717) is 11.3 Å². The maximum atomic E-state index is 12.8. The minimum atomic E-state index is -0.278. The Kier molecular flexibility index (Phi) is 5.38. The summed E-state index contributed by atoms with van der Waals surface area (Å²) in [6, 6.07) is 6.95. The number of carbonyl (C=O) groups is 2. The van der Waals surface area contributed by atoms with Gasteiger partial charge in [-0.25, -0.2) is 9.97 Å². The number of Topliss-reactive ketones (excluding diaryl/α,β-unsaturated/α-hetero) is 1. The van der Waals surface area contributed by atoms with E-state index >= 15 is 0 Å². The Morgan fingerprint density at radius 1 is 1.15 bits per heavy atom. The quantitative estimate of drug-likeness (QED) is 0.394. The predicted octanol–water partition coefficient (Wildman–Crippen LogP) is 4.63. The Bertz CT molecular complexity index is 980. The fourth-order valence-corrected chi connectivity index (χ4v) is 4.73. The van der Waals surface area contributed by atoms with Crippen LogP contribution in [0, 0.1) is 13.8 Å². The Balaban J connectivity index is 1.81. The lowest BCUT2D eigenvalue weighted by atomic mass is 10.1. The Hall–Kier alpha value is -2.25. The maximum Gasteiger partial charge on any atom is 0.221 e. The standard InChI is InChI=1S/C19H19N3O2S2/c1-10-11(2)25-18-16(10)19(21-9-20-18)26-12(3)17(24)14-5-7-15(8-6-14)22-13(4)23/h5-9,12H,1-4H3,(H,22,23). The largest absolute Gasteiger partial charge is 0.326 e. The molecule has 3 rings (SSSR count). The number of aromatic nitrogens is 2. The molecular formula is C19H19N3O2S2. The van der Waals surface area contributed by atoms with Gasteiger partial charge in [-0.2, -0.15) is 0 Å². The first-order valence-corrected chi connectivity index (χ1v) is 9.85. The number of rotatable bonds is 5. The van der Waals surface area contributed by atoms with Crippen molar-refractivity contribution in [3.8, 4) is 0 Å². The summed E-state index contributed by atoms with van der Waals surface area (Å²) in [6.07, 6.45) is 1.56. The zero-order valence-electron chi connectivity index (χ0n) is 15.0. The third kappa shape index (κ3) is 3.78. The normalized spacial score (nSPS) is 12.2. The summed E-state index contributed by atoms with van der Waals surface area (Å²) in [5.41, 5.74) is 2.46. The van der Waals surface area contributed by atoms with Gasteiger partial charge in [-0.3, -0.25) is 9.59 Å². The molecule has 1 unspecified atom stereocenters. The first-order chi connectivity index (χ1) is 12.4. The Morgan fingerprint density at radius 2 is 1.85 bits per heavy atom. The van der Waals surface area contributed by atoms with Crippen molar-refractivity contribution in [2.24, 2.45) is 0 Å². The van der Waals surface area contributed by atoms with E-state index in [9.17, 15) is 9.59 Å². The van der Waals surface area contributed by atoms with E-state index in [4.69, 9.17) is 0 Å². The highest BCUT2D eigenvalue weighted by molar-refractivity contribution is 8.00. The lowest BCUT2D eigenvalue weighted by molar-refractivity contribution is -0.114. The number of nitrogens with zero attached hydrogens (tertiary/aromatic N) is 2. The van der Waals surface area contributed by atoms with Gasteiger partial charge in [0.05, 0.1) is 5.25 Å². The molecule has 0 fully saturated rings. The van der Waals surface area contributed by atoms with Crippen molar-refractivity contribution < 1.29 is 9.59 Å². The first-order valence-electron chi connectivity index (χ1n) is 8.16. The maximum absolute atomic E-state index is 12.8. The number of ketones is 1. The number of fused-ring (bicyclic) bond motifs is 1. The van der Waals surface area contributed by atoms with Crippen LogP contribution < -0.4 is 5.32 Å². The third-order valence-electron chi connectivity index (χ3n) is 4.08. The molecule has 7 heteroatoms. The molecule has 0 radical (unpaired) electrons. The second-order valence-electron chi connectivity index (χ2n) is 6.03. The molecule has 0 aliphatic heterocycles. The Morgan fingerprint density at radius 3 is 2.50 bits per heavy atom. The number of anilines is 1. The molecule has 1 aromatic carbocycles. The van der Waals surface area contributed by atoms with Crippen LogP contribution in [-0.2, 0) is 4.79 Å². The van der Waals surface area contributed by atoms with Gasteiger partial charge in [0.2, 0.25) is 5.91 Å². The van der Waals surface area contributed by atoms with Gasteiger partial charge >= 0.3 is 0 Å². The van der Waals surface area contributed by atoms with Crippen molar-refractivity contribution in [2.75, 3.05) is 5.32 Å². The van der Waals surface area contributed by atoms with Crippen molar-refractivity contribution in [2.45, 2.75) is 38.0 Å². The molecule has 0 saturated heterocycles. The number of thioether (sulfide) groups is 1. The average Bonchev–Trinajstić information content (AvgIpc) is 2.89. The summed E-state index contributed by atoms with van der Waals surface area (Å²) in [6.45, 7) is 7.47. The number of carbonyl (C=O) groups excluding carboxylic acids is 2. The van der Waals surface area contributed by atoms with E-state index in [2.05, 4.69) is 29.1 Å². The third-order valence-corrected chi connectivity index (χ3v) is 6.29. The molecule has 2 aromatic heterocycles. The minimum Gasteiger partial charge on any atom is -0.326 e. The van der Waals surface area contributed by atoms with Crippen LogP contribution in [0.3, 0.4) is 0 Å². The number of hydrogen-bond acceptors (Lipinski definition) is 6. The zero-order chi connectivity index (χ0) is 18.8. The van der Waals surface area contributed by atoms with Crippen LogP contribution in [0.5, 0.6) is 0 Å². The van der Waals surface area contributed by atoms with E-state index in [-0.39, 0.29) is 16.9 Å². The molecule has 0 aliphatic rings. The molecule has 1 amide bonds. The van der Waals surface area contributed by atoms with Gasteiger partial charge in [-0.15, -0.1) is 11.3 Å². The lowest BCUT2D eigenvalue weighted by Crippen LogP contribution is -2.14.